The Balaban J connectivity index is 2.06. The monoisotopic (exact) mass is 264 g/mol. The Kier molecular flexibility index (Phi) is 3.64. The number of amides is 1. The molecule has 2 rings (SSSR count). The van der Waals surface area contributed by atoms with Gasteiger partial charge in [-0.15, -0.1) is 0 Å². The predicted octanol–water partition coefficient (Wildman–Crippen LogP) is 1.74. The van der Waals surface area contributed by atoms with E-state index in [1.165, 1.54) is 0 Å². The van der Waals surface area contributed by atoms with Gasteiger partial charge in [-0.05, 0) is 31.4 Å². The van der Waals surface area contributed by atoms with Crippen molar-refractivity contribution in [3.63, 3.8) is 0 Å². The molecule has 1 fully saturated rings. The van der Waals surface area contributed by atoms with Crippen LogP contribution in [0.1, 0.15) is 36.7 Å². The molecule has 19 heavy (non-hydrogen) atoms. The van der Waals surface area contributed by atoms with Crippen LogP contribution in [-0.4, -0.2) is 39.5 Å². The average molecular weight is 264 g/mol. The Hall–Kier alpha value is -1.78. The lowest BCUT2D eigenvalue weighted by Gasteiger charge is -2.38. The molecule has 0 radical (unpaired) electrons. The van der Waals surface area contributed by atoms with E-state index < -0.39 is 11.4 Å². The van der Waals surface area contributed by atoms with Gasteiger partial charge in [-0.1, -0.05) is 6.92 Å². The van der Waals surface area contributed by atoms with E-state index in [2.05, 4.69) is 0 Å². The molecule has 0 atom stereocenters. The predicted molar refractivity (Wildman–Crippen MR) is 70.9 cm³/mol. The molecule has 0 bridgehead atoms. The molecule has 2 heterocycles. The van der Waals surface area contributed by atoms with Crippen LogP contribution < -0.4 is 0 Å². The first-order chi connectivity index (χ1) is 9.00. The van der Waals surface area contributed by atoms with E-state index in [9.17, 15) is 14.7 Å². The summed E-state index contributed by atoms with van der Waals surface area (Å²) in [6, 6.07) is 3.63. The van der Waals surface area contributed by atoms with Gasteiger partial charge in [0.1, 0.15) is 5.69 Å². The number of rotatable bonds is 3. The van der Waals surface area contributed by atoms with Crippen LogP contribution in [0.15, 0.2) is 18.3 Å². The van der Waals surface area contributed by atoms with Crippen LogP contribution in [0.5, 0.6) is 0 Å². The average Bonchev–Trinajstić information content (AvgIpc) is 2.84. The van der Waals surface area contributed by atoms with Crippen LogP contribution in [0.3, 0.4) is 0 Å². The molecular formula is C14H20N2O3. The molecule has 0 saturated carbocycles. The second kappa shape index (κ2) is 5.07. The fourth-order valence-corrected chi connectivity index (χ4v) is 2.70. The Morgan fingerprint density at radius 3 is 2.42 bits per heavy atom. The van der Waals surface area contributed by atoms with Gasteiger partial charge in [-0.2, -0.15) is 0 Å². The van der Waals surface area contributed by atoms with Crippen molar-refractivity contribution in [1.29, 1.82) is 0 Å². The zero-order chi connectivity index (χ0) is 14.0. The third-order valence-corrected chi connectivity index (χ3v) is 4.30. The lowest BCUT2D eigenvalue weighted by Crippen LogP contribution is -2.46. The normalized spacial score (nSPS) is 18.3. The lowest BCUT2D eigenvalue weighted by atomic mass is 9.76. The molecule has 0 aromatic carbocycles. The van der Waals surface area contributed by atoms with E-state index in [1.54, 1.807) is 15.5 Å². The fourth-order valence-electron chi connectivity index (χ4n) is 2.70. The Bertz CT molecular complexity index is 485. The summed E-state index contributed by atoms with van der Waals surface area (Å²) in [6.07, 6.45) is 3.53. The summed E-state index contributed by atoms with van der Waals surface area (Å²) in [5.74, 6) is -0.747. The van der Waals surface area contributed by atoms with Crippen LogP contribution in [0, 0.1) is 5.41 Å². The summed E-state index contributed by atoms with van der Waals surface area (Å²) in [7, 11) is 1.84. The van der Waals surface area contributed by atoms with E-state index >= 15 is 0 Å². The van der Waals surface area contributed by atoms with Gasteiger partial charge in [0, 0.05) is 26.3 Å². The lowest BCUT2D eigenvalue weighted by molar-refractivity contribution is -0.152. The second-order valence-corrected chi connectivity index (χ2v) is 5.24. The van der Waals surface area contributed by atoms with Crippen LogP contribution in [0.25, 0.3) is 0 Å². The maximum Gasteiger partial charge on any atom is 0.309 e. The molecular weight excluding hydrogens is 244 g/mol. The first-order valence-electron chi connectivity index (χ1n) is 6.64. The van der Waals surface area contributed by atoms with Crippen molar-refractivity contribution in [2.75, 3.05) is 13.1 Å². The first kappa shape index (κ1) is 13.6. The maximum absolute atomic E-state index is 12.3. The van der Waals surface area contributed by atoms with Gasteiger partial charge in [-0.25, -0.2) is 0 Å². The number of carbonyl (C=O) groups excluding carboxylic acids is 1. The maximum atomic E-state index is 12.3. The molecule has 1 aliphatic heterocycles. The third kappa shape index (κ3) is 2.37. The molecule has 1 N–H and O–H groups in total. The number of likely N-dealkylation sites (tertiary alicyclic amines) is 1. The highest BCUT2D eigenvalue weighted by atomic mass is 16.4. The van der Waals surface area contributed by atoms with Gasteiger partial charge in [0.15, 0.2) is 0 Å². The van der Waals surface area contributed by atoms with E-state index in [4.69, 9.17) is 0 Å². The number of aryl methyl sites for hydroxylation is 1. The molecule has 0 spiro atoms. The summed E-state index contributed by atoms with van der Waals surface area (Å²) >= 11 is 0. The van der Waals surface area contributed by atoms with E-state index in [1.807, 2.05) is 26.2 Å². The van der Waals surface area contributed by atoms with Crippen LogP contribution in [0.2, 0.25) is 0 Å². The molecule has 5 nitrogen and oxygen atoms in total. The van der Waals surface area contributed by atoms with Gasteiger partial charge < -0.3 is 14.6 Å². The van der Waals surface area contributed by atoms with Crippen LogP contribution in [0.4, 0.5) is 0 Å². The van der Waals surface area contributed by atoms with Crippen molar-refractivity contribution in [2.45, 2.75) is 26.2 Å². The minimum absolute atomic E-state index is 0.0115. The molecule has 0 unspecified atom stereocenters. The van der Waals surface area contributed by atoms with E-state index in [-0.39, 0.29) is 5.91 Å². The molecule has 0 aliphatic carbocycles. The summed E-state index contributed by atoms with van der Waals surface area (Å²) in [6.45, 7) is 2.94. The third-order valence-electron chi connectivity index (χ3n) is 4.30. The standard InChI is InChI=1S/C14H20N2O3/c1-3-14(13(18)19)6-9-16(10-7-14)12(17)11-5-4-8-15(11)2/h4-5,8H,3,6-7,9-10H2,1-2H3,(H,18,19). The Morgan fingerprint density at radius 2 is 2.00 bits per heavy atom. The van der Waals surface area contributed by atoms with Crippen LogP contribution in [-0.2, 0) is 11.8 Å². The van der Waals surface area contributed by atoms with Gasteiger partial charge in [0.25, 0.3) is 5.91 Å². The van der Waals surface area contributed by atoms with Crippen LogP contribution >= 0.6 is 0 Å². The number of carboxylic acids is 1. The number of piperidine rings is 1. The van der Waals surface area contributed by atoms with Crippen molar-refractivity contribution >= 4 is 11.9 Å². The Morgan fingerprint density at radius 1 is 1.37 bits per heavy atom. The molecule has 1 aromatic heterocycles. The molecule has 1 aliphatic rings. The zero-order valence-electron chi connectivity index (χ0n) is 11.4. The SMILES string of the molecule is CCC1(C(=O)O)CCN(C(=O)c2cccn2C)CC1. The molecule has 1 amide bonds. The largest absolute Gasteiger partial charge is 0.481 e. The summed E-state index contributed by atoms with van der Waals surface area (Å²) in [4.78, 5) is 25.4. The number of carbonyl (C=O) groups is 2. The summed E-state index contributed by atoms with van der Waals surface area (Å²) in [5.41, 5.74) is 0.00432. The minimum atomic E-state index is -0.735. The van der Waals surface area contributed by atoms with Crippen molar-refractivity contribution < 1.29 is 14.7 Å². The van der Waals surface area contributed by atoms with Crippen molar-refractivity contribution in [2.24, 2.45) is 12.5 Å². The number of carboxylic acid groups (broad SMARTS) is 1. The van der Waals surface area contributed by atoms with E-state index in [0.717, 1.165) is 0 Å². The van der Waals surface area contributed by atoms with Crippen molar-refractivity contribution in [3.8, 4) is 0 Å². The molecule has 1 aromatic rings. The molecule has 1 saturated heterocycles. The first-order valence-corrected chi connectivity index (χ1v) is 6.64. The minimum Gasteiger partial charge on any atom is -0.481 e. The van der Waals surface area contributed by atoms with Crippen molar-refractivity contribution in [3.05, 3.63) is 24.0 Å². The second-order valence-electron chi connectivity index (χ2n) is 5.24. The molecule has 104 valence electrons. The van der Waals surface area contributed by atoms with Gasteiger partial charge in [-0.3, -0.25) is 9.59 Å². The van der Waals surface area contributed by atoms with E-state index in [0.29, 0.717) is 38.0 Å². The highest BCUT2D eigenvalue weighted by Gasteiger charge is 2.41. The summed E-state index contributed by atoms with van der Waals surface area (Å²) in [5, 5.41) is 9.33. The van der Waals surface area contributed by atoms with Gasteiger partial charge in [0.2, 0.25) is 0 Å². The number of aromatic nitrogens is 1. The number of hydrogen-bond donors (Lipinski definition) is 1. The molecule has 5 heteroatoms. The van der Waals surface area contributed by atoms with Gasteiger partial charge in [0.05, 0.1) is 5.41 Å². The number of aliphatic carboxylic acids is 1. The smallest absolute Gasteiger partial charge is 0.309 e. The quantitative estimate of drug-likeness (QED) is 0.904. The Labute approximate surface area is 112 Å². The summed E-state index contributed by atoms with van der Waals surface area (Å²) < 4.78 is 1.79. The zero-order valence-corrected chi connectivity index (χ0v) is 11.4. The number of hydrogen-bond acceptors (Lipinski definition) is 2. The van der Waals surface area contributed by atoms with Crippen molar-refractivity contribution in [1.82, 2.24) is 9.47 Å². The fraction of sp³-hybridized carbons (Fsp3) is 0.571. The number of nitrogens with zero attached hydrogens (tertiary/aromatic N) is 2. The van der Waals surface area contributed by atoms with Gasteiger partial charge >= 0.3 is 5.97 Å². The topological polar surface area (TPSA) is 62.5 Å². The highest BCUT2D eigenvalue weighted by Crippen LogP contribution is 2.35. The highest BCUT2D eigenvalue weighted by molar-refractivity contribution is 5.93.